The maximum Gasteiger partial charge on any atom is 0.387 e. The molecule has 0 saturated carbocycles. The van der Waals surface area contributed by atoms with E-state index in [1.807, 2.05) is 6.07 Å². The molecule has 0 amide bonds. The van der Waals surface area contributed by atoms with Crippen LogP contribution in [0.5, 0.6) is 11.5 Å². The number of hydrogen-bond acceptors (Lipinski definition) is 6. The summed E-state index contributed by atoms with van der Waals surface area (Å²) in [6, 6.07) is 9.93. The number of aromatic nitrogens is 1. The first kappa shape index (κ1) is 18.7. The summed E-state index contributed by atoms with van der Waals surface area (Å²) in [6.45, 7) is 0. The van der Waals surface area contributed by atoms with E-state index in [-0.39, 0.29) is 11.4 Å². The highest BCUT2D eigenvalue weighted by Crippen LogP contribution is 2.33. The van der Waals surface area contributed by atoms with Crippen molar-refractivity contribution < 1.29 is 22.8 Å². The number of nitriles is 1. The van der Waals surface area contributed by atoms with Crippen LogP contribution in [0.4, 0.5) is 30.4 Å². The Morgan fingerprint density at radius 3 is 2.32 bits per heavy atom. The van der Waals surface area contributed by atoms with Crippen LogP contribution in [0.25, 0.3) is 0 Å². The highest BCUT2D eigenvalue weighted by atomic mass is 19.1. The van der Waals surface area contributed by atoms with Crippen molar-refractivity contribution in [2.24, 2.45) is 0 Å². The van der Waals surface area contributed by atoms with Crippen molar-refractivity contribution in [1.29, 1.82) is 5.26 Å². The molecule has 2 aromatic carbocycles. The highest BCUT2D eigenvalue weighted by molar-refractivity contribution is 5.68. The van der Waals surface area contributed by atoms with Gasteiger partial charge in [0.25, 0.3) is 0 Å². The fourth-order valence-electron chi connectivity index (χ4n) is 2.26. The van der Waals surface area contributed by atoms with E-state index < -0.39 is 33.9 Å². The van der Waals surface area contributed by atoms with E-state index in [2.05, 4.69) is 10.3 Å². The van der Waals surface area contributed by atoms with Crippen LogP contribution in [0.2, 0.25) is 0 Å². The molecular weight excluding hydrogens is 377 g/mol. The lowest BCUT2D eigenvalue weighted by Gasteiger charge is -2.10. The molecule has 1 N–H and O–H groups in total. The monoisotopic (exact) mass is 386 g/mol. The number of halogens is 3. The quantitative estimate of drug-likeness (QED) is 0.499. The van der Waals surface area contributed by atoms with Crippen molar-refractivity contribution in [3.05, 3.63) is 81.8 Å². The molecule has 140 valence electrons. The summed E-state index contributed by atoms with van der Waals surface area (Å²) in [7, 11) is 0. The lowest BCUT2D eigenvalue weighted by atomic mass is 10.2. The second kappa shape index (κ2) is 7.63. The van der Waals surface area contributed by atoms with Gasteiger partial charge in [0.15, 0.2) is 29.3 Å². The first-order valence-corrected chi connectivity index (χ1v) is 7.61. The fraction of sp³-hybridized carbons (Fsp3) is 0. The van der Waals surface area contributed by atoms with Crippen LogP contribution in [-0.2, 0) is 0 Å². The van der Waals surface area contributed by atoms with Crippen molar-refractivity contribution in [2.75, 3.05) is 5.32 Å². The number of nitrogens with zero attached hydrogens (tertiary/aromatic N) is 3. The van der Waals surface area contributed by atoms with Crippen molar-refractivity contribution in [3.8, 4) is 17.6 Å². The van der Waals surface area contributed by atoms with Gasteiger partial charge in [-0.15, -0.1) is 0 Å². The molecule has 1 heterocycles. The Kier molecular flexibility index (Phi) is 5.08. The third kappa shape index (κ3) is 3.99. The molecule has 0 radical (unpaired) electrons. The van der Waals surface area contributed by atoms with E-state index in [0.29, 0.717) is 23.4 Å². The Hall–Kier alpha value is -4.13. The first-order chi connectivity index (χ1) is 13.4. The minimum Gasteiger partial charge on any atom is -0.447 e. The van der Waals surface area contributed by atoms with E-state index in [0.717, 1.165) is 12.3 Å². The number of anilines is 2. The second-order valence-corrected chi connectivity index (χ2v) is 5.41. The smallest absolute Gasteiger partial charge is 0.387 e. The Morgan fingerprint density at radius 2 is 1.75 bits per heavy atom. The maximum atomic E-state index is 13.7. The molecular formula is C18H9F3N4O3. The lowest BCUT2D eigenvalue weighted by Crippen LogP contribution is -2.01. The zero-order valence-corrected chi connectivity index (χ0v) is 13.8. The molecule has 0 saturated heterocycles. The van der Waals surface area contributed by atoms with Gasteiger partial charge in [0, 0.05) is 23.9 Å². The first-order valence-electron chi connectivity index (χ1n) is 7.61. The number of nitro groups is 1. The number of ether oxygens (including phenoxy) is 1. The maximum absolute atomic E-state index is 13.7. The Labute approximate surface area is 155 Å². The molecule has 7 nitrogen and oxygen atoms in total. The topological polar surface area (TPSA) is 101 Å². The average Bonchev–Trinajstić information content (AvgIpc) is 2.65. The van der Waals surface area contributed by atoms with Crippen molar-refractivity contribution in [1.82, 2.24) is 4.98 Å². The Balaban J connectivity index is 1.95. The lowest BCUT2D eigenvalue weighted by molar-refractivity contribution is -0.388. The van der Waals surface area contributed by atoms with E-state index in [1.54, 1.807) is 0 Å². The molecule has 28 heavy (non-hydrogen) atoms. The van der Waals surface area contributed by atoms with Gasteiger partial charge >= 0.3 is 5.82 Å². The fourth-order valence-corrected chi connectivity index (χ4v) is 2.26. The summed E-state index contributed by atoms with van der Waals surface area (Å²) in [5.41, 5.74) is 0.674. The Bertz CT molecular complexity index is 1080. The summed E-state index contributed by atoms with van der Waals surface area (Å²) < 4.78 is 45.6. The van der Waals surface area contributed by atoms with Crippen molar-refractivity contribution >= 4 is 17.2 Å². The SMILES string of the molecule is N#Cc1ccc(Nc2cc(Oc3c(F)cc(F)cc3F)cnc2[N+](=O)[O-])cc1. The molecule has 0 aliphatic rings. The minimum atomic E-state index is -1.28. The van der Waals surface area contributed by atoms with Gasteiger partial charge < -0.3 is 20.2 Å². The molecule has 3 aromatic rings. The number of pyridine rings is 1. The second-order valence-electron chi connectivity index (χ2n) is 5.41. The average molecular weight is 386 g/mol. The molecule has 1 aromatic heterocycles. The molecule has 0 spiro atoms. The summed E-state index contributed by atoms with van der Waals surface area (Å²) in [5, 5.41) is 22.7. The third-order valence-corrected chi connectivity index (χ3v) is 3.49. The number of hydrogen-bond donors (Lipinski definition) is 1. The molecule has 10 heteroatoms. The summed E-state index contributed by atoms with van der Waals surface area (Å²) in [4.78, 5) is 14.1. The van der Waals surface area contributed by atoms with E-state index in [1.165, 1.54) is 24.3 Å². The number of benzene rings is 2. The molecule has 0 fully saturated rings. The van der Waals surface area contributed by atoms with Gasteiger partial charge in [0.1, 0.15) is 11.5 Å². The zero-order chi connectivity index (χ0) is 20.3. The summed E-state index contributed by atoms with van der Waals surface area (Å²) in [5.74, 6) is -5.33. The zero-order valence-electron chi connectivity index (χ0n) is 13.8. The van der Waals surface area contributed by atoms with Crippen molar-refractivity contribution in [2.45, 2.75) is 0 Å². The van der Waals surface area contributed by atoms with Crippen LogP contribution in [0.3, 0.4) is 0 Å². The van der Waals surface area contributed by atoms with Gasteiger partial charge in [0.2, 0.25) is 0 Å². The van der Waals surface area contributed by atoms with Crippen LogP contribution >= 0.6 is 0 Å². The Morgan fingerprint density at radius 1 is 1.11 bits per heavy atom. The van der Waals surface area contributed by atoms with Crippen LogP contribution in [0.1, 0.15) is 5.56 Å². The van der Waals surface area contributed by atoms with Gasteiger partial charge in [-0.05, 0) is 34.2 Å². The summed E-state index contributed by atoms with van der Waals surface area (Å²) in [6.07, 6.45) is 0.907. The van der Waals surface area contributed by atoms with E-state index in [4.69, 9.17) is 10.00 Å². The minimum absolute atomic E-state index is 0.116. The molecule has 0 unspecified atom stereocenters. The largest absolute Gasteiger partial charge is 0.447 e. The number of rotatable bonds is 5. The predicted octanol–water partition coefficient (Wildman–Crippen LogP) is 4.81. The van der Waals surface area contributed by atoms with Crippen LogP contribution < -0.4 is 10.1 Å². The van der Waals surface area contributed by atoms with Gasteiger partial charge in [0.05, 0.1) is 11.6 Å². The normalized spacial score (nSPS) is 10.2. The van der Waals surface area contributed by atoms with Gasteiger partial charge in [-0.2, -0.15) is 5.26 Å². The predicted molar refractivity (Wildman–Crippen MR) is 91.7 cm³/mol. The van der Waals surface area contributed by atoms with Gasteiger partial charge in [-0.25, -0.2) is 13.2 Å². The molecule has 3 rings (SSSR count). The van der Waals surface area contributed by atoms with Crippen LogP contribution in [-0.4, -0.2) is 9.91 Å². The molecule has 0 aliphatic carbocycles. The number of nitrogens with one attached hydrogen (secondary N) is 1. The molecule has 0 bridgehead atoms. The van der Waals surface area contributed by atoms with Gasteiger partial charge in [-0.1, -0.05) is 0 Å². The van der Waals surface area contributed by atoms with E-state index in [9.17, 15) is 23.3 Å². The molecule has 0 aliphatic heterocycles. The molecule has 0 atom stereocenters. The van der Waals surface area contributed by atoms with Gasteiger partial charge in [-0.3, -0.25) is 0 Å². The van der Waals surface area contributed by atoms with E-state index >= 15 is 0 Å². The third-order valence-electron chi connectivity index (χ3n) is 3.49. The standard InChI is InChI=1S/C18H9F3N4O3/c19-11-5-14(20)17(15(21)6-11)28-13-7-16(18(23-9-13)25(26)27)24-12-3-1-10(8-22)2-4-12/h1-7,9,24H. The van der Waals surface area contributed by atoms with Crippen LogP contribution in [0.15, 0.2) is 48.7 Å². The van der Waals surface area contributed by atoms with Crippen LogP contribution in [0, 0.1) is 38.9 Å². The summed E-state index contributed by atoms with van der Waals surface area (Å²) >= 11 is 0. The van der Waals surface area contributed by atoms with Crippen molar-refractivity contribution in [3.63, 3.8) is 0 Å². The highest BCUT2D eigenvalue weighted by Gasteiger charge is 2.20.